The maximum absolute atomic E-state index is 11.6. The Balaban J connectivity index is 2.17. The monoisotopic (exact) mass is 286 g/mol. The van der Waals surface area contributed by atoms with Gasteiger partial charge in [0.15, 0.2) is 0 Å². The lowest BCUT2D eigenvalue weighted by Gasteiger charge is -2.16. The fraction of sp³-hybridized carbons (Fsp3) is 0.267. The maximum Gasteiger partial charge on any atom is 0.329 e. The van der Waals surface area contributed by atoms with Gasteiger partial charge in [0.2, 0.25) is 0 Å². The van der Waals surface area contributed by atoms with E-state index in [4.69, 9.17) is 0 Å². The Kier molecular flexibility index (Phi) is 4.71. The summed E-state index contributed by atoms with van der Waals surface area (Å²) in [5.41, 5.74) is 0.342. The van der Waals surface area contributed by atoms with Crippen molar-refractivity contribution in [1.82, 2.24) is 9.55 Å². The van der Waals surface area contributed by atoms with Gasteiger partial charge in [0.05, 0.1) is 0 Å². The Labute approximate surface area is 122 Å². The van der Waals surface area contributed by atoms with Crippen molar-refractivity contribution in [2.45, 2.75) is 13.3 Å². The summed E-state index contributed by atoms with van der Waals surface area (Å²) in [6.45, 7) is 2.45. The number of hydrogen-bond donors (Lipinski definition) is 1. The Bertz CT molecular complexity index is 700. The number of aromatic amines is 1. The first-order valence-electron chi connectivity index (χ1n) is 6.76. The molecule has 1 aromatic heterocycles. The van der Waals surface area contributed by atoms with Crippen LogP contribution in [0.1, 0.15) is 12.5 Å². The van der Waals surface area contributed by atoms with Crippen LogP contribution in [0.3, 0.4) is 0 Å². The van der Waals surface area contributed by atoms with Crippen molar-refractivity contribution in [3.05, 3.63) is 62.8 Å². The number of H-pyrrole nitrogens is 1. The second-order valence-electron chi connectivity index (χ2n) is 4.56. The summed E-state index contributed by atoms with van der Waals surface area (Å²) in [5.74, 6) is 0.398. The van der Waals surface area contributed by atoms with Crippen LogP contribution in [0.15, 0.2) is 51.1 Å². The fourth-order valence-corrected chi connectivity index (χ4v) is 1.86. The zero-order valence-electron chi connectivity index (χ0n) is 12.1. The van der Waals surface area contributed by atoms with E-state index in [1.54, 1.807) is 11.2 Å². The average molecular weight is 286 g/mol. The molecule has 110 valence electrons. The molecule has 0 spiro atoms. The Morgan fingerprint density at radius 3 is 2.62 bits per heavy atom. The summed E-state index contributed by atoms with van der Waals surface area (Å²) >= 11 is 0. The minimum atomic E-state index is -0.450. The Hall–Kier alpha value is -2.63. The number of nitrogens with zero attached hydrogens (tertiary/aromatic N) is 3. The quantitative estimate of drug-likeness (QED) is 0.661. The summed E-state index contributed by atoms with van der Waals surface area (Å²) in [6.07, 6.45) is 2.45. The van der Waals surface area contributed by atoms with Gasteiger partial charge in [-0.05, 0) is 12.5 Å². The first kappa shape index (κ1) is 14.8. The van der Waals surface area contributed by atoms with E-state index < -0.39 is 5.69 Å². The van der Waals surface area contributed by atoms with Crippen molar-refractivity contribution in [3.63, 3.8) is 0 Å². The Morgan fingerprint density at radius 2 is 2.00 bits per heavy atom. The highest BCUT2D eigenvalue weighted by Crippen LogP contribution is 2.05. The second-order valence-corrected chi connectivity index (χ2v) is 4.56. The zero-order valence-corrected chi connectivity index (χ0v) is 12.1. The third kappa shape index (κ3) is 3.68. The van der Waals surface area contributed by atoms with Gasteiger partial charge in [0.25, 0.3) is 5.56 Å². The number of aromatic nitrogens is 2. The van der Waals surface area contributed by atoms with Crippen LogP contribution in [0.4, 0.5) is 5.82 Å². The van der Waals surface area contributed by atoms with Crippen molar-refractivity contribution in [3.8, 4) is 0 Å². The van der Waals surface area contributed by atoms with E-state index in [1.807, 2.05) is 37.3 Å². The topological polar surface area (TPSA) is 70.5 Å². The van der Waals surface area contributed by atoms with Crippen molar-refractivity contribution >= 4 is 12.0 Å². The molecule has 2 aromatic rings. The predicted molar refractivity (Wildman–Crippen MR) is 84.0 cm³/mol. The first-order chi connectivity index (χ1) is 10.1. The zero-order chi connectivity index (χ0) is 15.2. The van der Waals surface area contributed by atoms with E-state index in [2.05, 4.69) is 10.1 Å². The summed E-state index contributed by atoms with van der Waals surface area (Å²) in [4.78, 5) is 25.9. The van der Waals surface area contributed by atoms with Gasteiger partial charge in [-0.3, -0.25) is 14.3 Å². The highest BCUT2D eigenvalue weighted by Gasteiger charge is 2.06. The van der Waals surface area contributed by atoms with Crippen molar-refractivity contribution in [1.29, 1.82) is 0 Å². The minimum absolute atomic E-state index is 0.356. The third-order valence-electron chi connectivity index (χ3n) is 3.10. The molecule has 2 rings (SSSR count). The van der Waals surface area contributed by atoms with Crippen LogP contribution < -0.4 is 16.3 Å². The molecular formula is C15H18N4O2. The minimum Gasteiger partial charge on any atom is -0.292 e. The van der Waals surface area contributed by atoms with Crippen LogP contribution in [0.25, 0.3) is 0 Å². The molecule has 0 saturated heterocycles. The number of anilines is 1. The number of benzene rings is 1. The first-order valence-corrected chi connectivity index (χ1v) is 6.76. The molecule has 0 bridgehead atoms. The molecular weight excluding hydrogens is 268 g/mol. The molecule has 0 aliphatic rings. The van der Waals surface area contributed by atoms with Gasteiger partial charge in [-0.2, -0.15) is 5.10 Å². The van der Waals surface area contributed by atoms with E-state index in [9.17, 15) is 9.59 Å². The van der Waals surface area contributed by atoms with Crippen molar-refractivity contribution < 1.29 is 0 Å². The molecule has 0 unspecified atom stereocenters. The molecule has 0 aliphatic heterocycles. The maximum atomic E-state index is 11.6. The summed E-state index contributed by atoms with van der Waals surface area (Å²) in [6, 6.07) is 11.3. The van der Waals surface area contributed by atoms with Crippen LogP contribution in [0, 0.1) is 0 Å². The third-order valence-corrected chi connectivity index (χ3v) is 3.10. The Morgan fingerprint density at radius 1 is 1.29 bits per heavy atom. The largest absolute Gasteiger partial charge is 0.329 e. The van der Waals surface area contributed by atoms with Crippen LogP contribution in [0.5, 0.6) is 0 Å². The summed E-state index contributed by atoms with van der Waals surface area (Å²) < 4.78 is 1.02. The smallest absolute Gasteiger partial charge is 0.292 e. The standard InChI is InChI=1S/C15H18N4O2/c1-3-19(13-11-14(20)18(2)15(21)17-13)16-10-9-12-7-5-4-6-8-12/h4-8,10-11H,3,9H2,1-2H3,(H,17,21). The van der Waals surface area contributed by atoms with Crippen LogP contribution in [-0.4, -0.2) is 22.3 Å². The van der Waals surface area contributed by atoms with Crippen molar-refractivity contribution in [2.75, 3.05) is 11.6 Å². The normalized spacial score (nSPS) is 11.0. The van der Waals surface area contributed by atoms with Crippen LogP contribution >= 0.6 is 0 Å². The average Bonchev–Trinajstić information content (AvgIpc) is 2.50. The number of hydrazone groups is 1. The highest BCUT2D eigenvalue weighted by molar-refractivity contribution is 5.63. The molecule has 0 fully saturated rings. The van der Waals surface area contributed by atoms with Gasteiger partial charge < -0.3 is 0 Å². The lowest BCUT2D eigenvalue weighted by molar-refractivity contribution is 0.756. The van der Waals surface area contributed by atoms with Crippen molar-refractivity contribution in [2.24, 2.45) is 12.1 Å². The van der Waals surface area contributed by atoms with E-state index in [0.717, 1.165) is 10.1 Å². The summed E-state index contributed by atoms with van der Waals surface area (Å²) in [5, 5.41) is 5.90. The SMILES string of the molecule is CCN(N=CCc1ccccc1)c1cc(=O)n(C)c(=O)[nH]1. The number of rotatable bonds is 5. The predicted octanol–water partition coefficient (Wildman–Crippen LogP) is 1.13. The van der Waals surface area contributed by atoms with E-state index in [-0.39, 0.29) is 5.56 Å². The van der Waals surface area contributed by atoms with Gasteiger partial charge in [-0.15, -0.1) is 0 Å². The van der Waals surface area contributed by atoms with E-state index in [0.29, 0.717) is 18.8 Å². The molecule has 1 N–H and O–H groups in total. The molecule has 6 nitrogen and oxygen atoms in total. The fourth-order valence-electron chi connectivity index (χ4n) is 1.86. The lowest BCUT2D eigenvalue weighted by atomic mass is 10.2. The van der Waals surface area contributed by atoms with Crippen LogP contribution in [0.2, 0.25) is 0 Å². The molecule has 21 heavy (non-hydrogen) atoms. The molecule has 6 heteroatoms. The molecule has 1 heterocycles. The molecule has 0 saturated carbocycles. The lowest BCUT2D eigenvalue weighted by Crippen LogP contribution is -2.34. The van der Waals surface area contributed by atoms with Gasteiger partial charge in [0, 0.05) is 32.3 Å². The van der Waals surface area contributed by atoms with Gasteiger partial charge in [-0.1, -0.05) is 30.3 Å². The van der Waals surface area contributed by atoms with Gasteiger partial charge in [0.1, 0.15) is 5.82 Å². The van der Waals surface area contributed by atoms with Gasteiger partial charge in [-0.25, -0.2) is 9.80 Å². The molecule has 0 aliphatic carbocycles. The molecule has 1 aromatic carbocycles. The molecule has 0 radical (unpaired) electrons. The van der Waals surface area contributed by atoms with E-state index in [1.165, 1.54) is 13.1 Å². The van der Waals surface area contributed by atoms with Crippen LogP contribution in [-0.2, 0) is 13.5 Å². The second kappa shape index (κ2) is 6.69. The van der Waals surface area contributed by atoms with Gasteiger partial charge >= 0.3 is 5.69 Å². The number of nitrogens with one attached hydrogen (secondary N) is 1. The molecule has 0 amide bonds. The van der Waals surface area contributed by atoms with E-state index >= 15 is 0 Å². The highest BCUT2D eigenvalue weighted by atomic mass is 16.2. The summed E-state index contributed by atoms with van der Waals surface area (Å²) in [7, 11) is 1.43. The number of hydrogen-bond acceptors (Lipinski definition) is 4. The molecule has 0 atom stereocenters.